The van der Waals surface area contributed by atoms with Crippen molar-refractivity contribution >= 4 is 0 Å². The van der Waals surface area contributed by atoms with Crippen molar-refractivity contribution in [3.05, 3.63) is 109 Å². The Bertz CT molecular complexity index is 1940. The van der Waals surface area contributed by atoms with Crippen LogP contribution in [0.15, 0.2) is 98.0 Å². The van der Waals surface area contributed by atoms with Gasteiger partial charge in [-0.25, -0.2) is 24.9 Å². The normalized spacial score (nSPS) is 15.9. The highest BCUT2D eigenvalue weighted by Gasteiger charge is 2.56. The maximum absolute atomic E-state index is 4.88. The lowest BCUT2D eigenvalue weighted by Crippen LogP contribution is -2.42. The Morgan fingerprint density at radius 1 is 0.422 bits per heavy atom. The van der Waals surface area contributed by atoms with Gasteiger partial charge in [-0.05, 0) is 45.1 Å². The van der Waals surface area contributed by atoms with Gasteiger partial charge in [-0.3, -0.25) is 15.0 Å². The number of nitrogens with zero attached hydrogens (tertiary/aromatic N) is 8. The van der Waals surface area contributed by atoms with Gasteiger partial charge >= 0.3 is 0 Å². The minimum Gasteiger partial charge on any atom is -0.261 e. The predicted octanol–water partition coefficient (Wildman–Crippen LogP) is 7.78. The summed E-state index contributed by atoms with van der Waals surface area (Å²) in [5, 5.41) is 0. The van der Waals surface area contributed by atoms with Crippen LogP contribution in [0, 0.1) is 5.41 Å². The third-order valence-electron chi connectivity index (χ3n) is 10.2. The van der Waals surface area contributed by atoms with Gasteiger partial charge in [0, 0.05) is 47.7 Å². The summed E-state index contributed by atoms with van der Waals surface area (Å²) in [5.41, 5.74) is 9.24. The summed E-state index contributed by atoms with van der Waals surface area (Å²) >= 11 is 0. The van der Waals surface area contributed by atoms with Crippen LogP contribution in [0.2, 0.25) is 0 Å². The van der Waals surface area contributed by atoms with E-state index in [1.807, 2.05) is 18.3 Å². The smallest absolute Gasteiger partial charge is 0.184 e. The molecule has 4 heterocycles. The summed E-state index contributed by atoms with van der Waals surface area (Å²) in [6, 6.07) is 19.2. The van der Waals surface area contributed by atoms with Gasteiger partial charge in [0.2, 0.25) is 0 Å². The summed E-state index contributed by atoms with van der Waals surface area (Å²) in [5.74, 6) is 1.34. The molecule has 0 fully saturated rings. The first-order valence-corrected chi connectivity index (χ1v) is 15.1. The molecule has 0 bridgehead atoms. The fourth-order valence-corrected chi connectivity index (χ4v) is 6.33. The van der Waals surface area contributed by atoms with Crippen LogP contribution in [0.5, 0.6) is 0 Å². The summed E-state index contributed by atoms with van der Waals surface area (Å²) < 4.78 is 0. The molecular weight excluding hydrogens is 556 g/mol. The summed E-state index contributed by atoms with van der Waals surface area (Å²) in [6.45, 7) is 14.3. The average Bonchev–Trinajstić information content (AvgIpc) is 3.18. The molecule has 0 saturated heterocycles. The van der Waals surface area contributed by atoms with Crippen molar-refractivity contribution in [1.82, 2.24) is 39.9 Å². The van der Waals surface area contributed by atoms with Crippen LogP contribution in [-0.2, 0) is 10.8 Å². The van der Waals surface area contributed by atoms with Crippen molar-refractivity contribution in [2.24, 2.45) is 5.41 Å². The molecule has 0 aliphatic heterocycles. The lowest BCUT2D eigenvalue weighted by molar-refractivity contribution is 0.125. The van der Waals surface area contributed by atoms with Crippen LogP contribution in [-0.4, -0.2) is 39.9 Å². The maximum Gasteiger partial charge on any atom is 0.184 e. The predicted molar refractivity (Wildman–Crippen MR) is 176 cm³/mol. The molecule has 2 aromatic carbocycles. The van der Waals surface area contributed by atoms with E-state index in [1.165, 1.54) is 11.1 Å². The molecule has 0 N–H and O–H groups in total. The SMILES string of the molecule is CC1(C)c2ccc(-c3ccc(-c4ccc(-c5nc(-c6cnccn6)nc(-c6cnccn6)n5)cc4)cn3)cc2C(C)(C)C1(C)C. The van der Waals surface area contributed by atoms with Gasteiger partial charge in [0.05, 0.1) is 18.1 Å². The first-order chi connectivity index (χ1) is 21.6. The molecule has 8 nitrogen and oxygen atoms in total. The third kappa shape index (κ3) is 4.68. The van der Waals surface area contributed by atoms with E-state index in [0.29, 0.717) is 28.9 Å². The van der Waals surface area contributed by atoms with Gasteiger partial charge in [0.1, 0.15) is 11.4 Å². The van der Waals surface area contributed by atoms with Gasteiger partial charge in [0.15, 0.2) is 17.5 Å². The third-order valence-corrected chi connectivity index (χ3v) is 10.2. The van der Waals surface area contributed by atoms with Crippen molar-refractivity contribution in [1.29, 1.82) is 0 Å². The molecule has 45 heavy (non-hydrogen) atoms. The van der Waals surface area contributed by atoms with Crippen LogP contribution in [0.1, 0.15) is 52.7 Å². The second kappa shape index (κ2) is 10.4. The van der Waals surface area contributed by atoms with E-state index < -0.39 is 0 Å². The number of aromatic nitrogens is 8. The number of hydrogen-bond acceptors (Lipinski definition) is 8. The van der Waals surface area contributed by atoms with Gasteiger partial charge in [-0.15, -0.1) is 0 Å². The monoisotopic (exact) mass is 590 g/mol. The zero-order valence-electron chi connectivity index (χ0n) is 26.3. The molecule has 0 saturated carbocycles. The van der Waals surface area contributed by atoms with E-state index in [4.69, 9.17) is 15.0 Å². The van der Waals surface area contributed by atoms with E-state index in [-0.39, 0.29) is 16.2 Å². The molecule has 0 radical (unpaired) electrons. The largest absolute Gasteiger partial charge is 0.261 e. The molecule has 8 heteroatoms. The quantitative estimate of drug-likeness (QED) is 0.201. The Balaban J connectivity index is 1.18. The van der Waals surface area contributed by atoms with Crippen molar-refractivity contribution in [2.45, 2.75) is 52.4 Å². The number of rotatable bonds is 5. The Labute approximate surface area is 263 Å². The van der Waals surface area contributed by atoms with Crippen LogP contribution >= 0.6 is 0 Å². The molecule has 4 aromatic heterocycles. The highest BCUT2D eigenvalue weighted by atomic mass is 15.1. The van der Waals surface area contributed by atoms with E-state index in [1.54, 1.807) is 37.2 Å². The highest BCUT2D eigenvalue weighted by Crippen LogP contribution is 2.61. The summed E-state index contributed by atoms with van der Waals surface area (Å²) in [6.07, 6.45) is 11.7. The lowest BCUT2D eigenvalue weighted by Gasteiger charge is -2.44. The van der Waals surface area contributed by atoms with E-state index >= 15 is 0 Å². The lowest BCUT2D eigenvalue weighted by atomic mass is 9.59. The minimum atomic E-state index is 0.0482. The first-order valence-electron chi connectivity index (χ1n) is 15.1. The van der Waals surface area contributed by atoms with Crippen molar-refractivity contribution < 1.29 is 0 Å². The van der Waals surface area contributed by atoms with Crippen LogP contribution in [0.25, 0.3) is 56.8 Å². The molecule has 0 atom stereocenters. The summed E-state index contributed by atoms with van der Waals surface area (Å²) in [4.78, 5) is 36.0. The fourth-order valence-electron chi connectivity index (χ4n) is 6.33. The van der Waals surface area contributed by atoms with E-state index in [0.717, 1.165) is 27.9 Å². The highest BCUT2D eigenvalue weighted by molar-refractivity contribution is 5.71. The van der Waals surface area contributed by atoms with Crippen molar-refractivity contribution in [3.63, 3.8) is 0 Å². The Morgan fingerprint density at radius 3 is 1.51 bits per heavy atom. The molecular formula is C37H34N8. The van der Waals surface area contributed by atoms with Crippen molar-refractivity contribution in [3.8, 4) is 56.8 Å². The molecule has 6 aromatic rings. The van der Waals surface area contributed by atoms with Gasteiger partial charge < -0.3 is 0 Å². The standard InChI is InChI=1S/C37H34N8/c1-35(2)27-13-11-25(19-28(27)36(3,4)37(35,5)6)29-14-12-26(20-42-29)23-7-9-24(10-8-23)32-43-33(30-21-38-15-17-40-30)45-34(44-32)31-22-39-16-18-41-31/h7-22H,1-6H3. The van der Waals surface area contributed by atoms with E-state index in [9.17, 15) is 0 Å². The van der Waals surface area contributed by atoms with Crippen molar-refractivity contribution in [2.75, 3.05) is 0 Å². The summed E-state index contributed by atoms with van der Waals surface area (Å²) in [7, 11) is 0. The number of hydrogen-bond donors (Lipinski definition) is 0. The average molecular weight is 591 g/mol. The van der Waals surface area contributed by atoms with Crippen LogP contribution in [0.4, 0.5) is 0 Å². The number of benzene rings is 2. The Morgan fingerprint density at radius 2 is 0.956 bits per heavy atom. The molecule has 0 spiro atoms. The zero-order chi connectivity index (χ0) is 31.4. The molecule has 1 aliphatic carbocycles. The van der Waals surface area contributed by atoms with Gasteiger partial charge in [-0.1, -0.05) is 84.0 Å². The van der Waals surface area contributed by atoms with Crippen LogP contribution < -0.4 is 0 Å². The topological polar surface area (TPSA) is 103 Å². The molecule has 222 valence electrons. The van der Waals surface area contributed by atoms with Gasteiger partial charge in [-0.2, -0.15) is 0 Å². The molecule has 0 amide bonds. The first kappa shape index (κ1) is 28.5. The number of pyridine rings is 1. The Kier molecular flexibility index (Phi) is 6.62. The second-order valence-electron chi connectivity index (χ2n) is 13.1. The molecule has 7 rings (SSSR count). The van der Waals surface area contributed by atoms with Crippen LogP contribution in [0.3, 0.4) is 0 Å². The zero-order valence-corrected chi connectivity index (χ0v) is 26.3. The molecule has 1 aliphatic rings. The number of fused-ring (bicyclic) bond motifs is 1. The maximum atomic E-state index is 4.88. The van der Waals surface area contributed by atoms with Gasteiger partial charge in [0.25, 0.3) is 0 Å². The fraction of sp³-hybridized carbons (Fsp3) is 0.243. The van der Waals surface area contributed by atoms with E-state index in [2.05, 4.69) is 109 Å². The second-order valence-corrected chi connectivity index (χ2v) is 13.1. The minimum absolute atomic E-state index is 0.0482. The Hall–Kier alpha value is -5.24. The molecule has 0 unspecified atom stereocenters.